The summed E-state index contributed by atoms with van der Waals surface area (Å²) in [6, 6.07) is 11.0. The van der Waals surface area contributed by atoms with E-state index in [0.717, 1.165) is 18.4 Å². The van der Waals surface area contributed by atoms with Crippen molar-refractivity contribution in [2.75, 3.05) is 23.4 Å². The molecule has 0 aromatic heterocycles. The minimum Gasteiger partial charge on any atom is -0.395 e. The first-order valence-corrected chi connectivity index (χ1v) is 11.1. The number of aliphatic hydroxyl groups is 1. The van der Waals surface area contributed by atoms with E-state index in [1.54, 1.807) is 37.3 Å². The van der Waals surface area contributed by atoms with Crippen molar-refractivity contribution in [1.29, 1.82) is 5.26 Å². The van der Waals surface area contributed by atoms with Gasteiger partial charge in [-0.1, -0.05) is 6.92 Å². The van der Waals surface area contributed by atoms with Crippen molar-refractivity contribution >= 4 is 23.2 Å². The number of amides is 2. The van der Waals surface area contributed by atoms with E-state index >= 15 is 0 Å². The number of hydrogen-bond acceptors (Lipinski definition) is 5. The molecular weight excluding hydrogens is 423 g/mol. The van der Waals surface area contributed by atoms with Gasteiger partial charge in [0.15, 0.2) is 0 Å². The van der Waals surface area contributed by atoms with Gasteiger partial charge in [0.2, 0.25) is 5.91 Å². The zero-order valence-electron chi connectivity index (χ0n) is 18.6. The van der Waals surface area contributed by atoms with Crippen molar-refractivity contribution < 1.29 is 19.1 Å². The summed E-state index contributed by atoms with van der Waals surface area (Å²) in [5.74, 6) is -0.613. The van der Waals surface area contributed by atoms with E-state index in [2.05, 4.69) is 10.6 Å². The van der Waals surface area contributed by atoms with E-state index in [0.29, 0.717) is 17.2 Å². The van der Waals surface area contributed by atoms with Gasteiger partial charge in [-0.15, -0.1) is 0 Å². The molecule has 2 aliphatic rings. The third kappa shape index (κ3) is 4.41. The number of carbonyl (C=O) groups is 2. The van der Waals surface area contributed by atoms with Gasteiger partial charge in [-0.2, -0.15) is 5.26 Å². The molecule has 33 heavy (non-hydrogen) atoms. The summed E-state index contributed by atoms with van der Waals surface area (Å²) >= 11 is 0. The molecule has 2 aromatic rings. The number of fused-ring (bicyclic) bond motifs is 1. The lowest BCUT2D eigenvalue weighted by Gasteiger charge is -2.46. The van der Waals surface area contributed by atoms with E-state index in [4.69, 9.17) is 10.4 Å². The van der Waals surface area contributed by atoms with Crippen LogP contribution in [0.1, 0.15) is 54.2 Å². The van der Waals surface area contributed by atoms with E-state index in [-0.39, 0.29) is 54.2 Å². The topological polar surface area (TPSA) is 105 Å². The quantitative estimate of drug-likeness (QED) is 0.626. The second-order valence-corrected chi connectivity index (χ2v) is 8.76. The molecular formula is C25H27FN4O3. The number of halogens is 1. The van der Waals surface area contributed by atoms with Crippen LogP contribution in [0, 0.1) is 29.0 Å². The molecule has 0 radical (unpaired) electrons. The molecule has 0 spiro atoms. The molecule has 1 fully saturated rings. The fraction of sp³-hybridized carbons (Fsp3) is 0.400. The summed E-state index contributed by atoms with van der Waals surface area (Å²) < 4.78 is 14.7. The van der Waals surface area contributed by atoms with Crippen molar-refractivity contribution in [1.82, 2.24) is 5.32 Å². The molecule has 172 valence electrons. The Bertz CT molecular complexity index is 1130. The van der Waals surface area contributed by atoms with Crippen LogP contribution in [0.4, 0.5) is 15.8 Å². The second kappa shape index (κ2) is 9.20. The van der Waals surface area contributed by atoms with Crippen LogP contribution in [0.25, 0.3) is 0 Å². The predicted molar refractivity (Wildman–Crippen MR) is 122 cm³/mol. The van der Waals surface area contributed by atoms with Crippen LogP contribution in [-0.2, 0) is 4.79 Å². The molecule has 2 amide bonds. The minimum atomic E-state index is -0.531. The lowest BCUT2D eigenvalue weighted by atomic mass is 9.79. The van der Waals surface area contributed by atoms with Gasteiger partial charge >= 0.3 is 0 Å². The standard InChI is InChI=1S/C25H27FN4O3/c1-14-23(29-21-7-3-16(13-27)11-20(21)26)19-12-18(25(33)28-9-10-31)6-8-22(19)30(15(2)32)24(14)17-4-5-17/h3,6-8,11-12,14,17,23-24,29,31H,4-5,9-10H2,1-2H3,(H,28,33)/t14-,23-,24-/m1/s1. The van der Waals surface area contributed by atoms with Gasteiger partial charge in [0.1, 0.15) is 5.82 Å². The van der Waals surface area contributed by atoms with Crippen LogP contribution in [0.2, 0.25) is 0 Å². The van der Waals surface area contributed by atoms with Crippen molar-refractivity contribution in [3.05, 3.63) is 58.9 Å². The number of benzene rings is 2. The van der Waals surface area contributed by atoms with Gasteiger partial charge in [-0.3, -0.25) is 9.59 Å². The molecule has 7 nitrogen and oxygen atoms in total. The first-order valence-electron chi connectivity index (χ1n) is 11.1. The Balaban J connectivity index is 1.79. The smallest absolute Gasteiger partial charge is 0.251 e. The summed E-state index contributed by atoms with van der Waals surface area (Å²) in [6.45, 7) is 3.55. The minimum absolute atomic E-state index is 0.0389. The van der Waals surface area contributed by atoms with E-state index in [9.17, 15) is 14.0 Å². The Labute approximate surface area is 192 Å². The highest BCUT2D eigenvalue weighted by Gasteiger charge is 2.47. The Kier molecular flexibility index (Phi) is 6.34. The van der Waals surface area contributed by atoms with Gasteiger partial charge < -0.3 is 20.6 Å². The fourth-order valence-corrected chi connectivity index (χ4v) is 4.85. The van der Waals surface area contributed by atoms with Crippen molar-refractivity contribution in [3.63, 3.8) is 0 Å². The summed E-state index contributed by atoms with van der Waals surface area (Å²) in [7, 11) is 0. The molecule has 1 aliphatic heterocycles. The molecule has 0 bridgehead atoms. The van der Waals surface area contributed by atoms with Gasteiger partial charge in [-0.25, -0.2) is 4.39 Å². The number of anilines is 2. The molecule has 1 saturated carbocycles. The fourth-order valence-electron chi connectivity index (χ4n) is 4.85. The first kappa shape index (κ1) is 22.7. The monoisotopic (exact) mass is 450 g/mol. The lowest BCUT2D eigenvalue weighted by molar-refractivity contribution is -0.117. The van der Waals surface area contributed by atoms with Gasteiger partial charge in [0.25, 0.3) is 5.91 Å². The third-order valence-electron chi connectivity index (χ3n) is 6.50. The normalized spacial score (nSPS) is 21.7. The van der Waals surface area contributed by atoms with Crippen LogP contribution in [0.3, 0.4) is 0 Å². The Hall–Kier alpha value is -3.44. The second-order valence-electron chi connectivity index (χ2n) is 8.76. The highest BCUT2D eigenvalue weighted by atomic mass is 19.1. The molecule has 3 atom stereocenters. The summed E-state index contributed by atoms with van der Waals surface area (Å²) in [5.41, 5.74) is 2.34. The summed E-state index contributed by atoms with van der Waals surface area (Å²) in [5, 5.41) is 24.0. The lowest BCUT2D eigenvalue weighted by Crippen LogP contribution is -2.51. The van der Waals surface area contributed by atoms with Crippen LogP contribution >= 0.6 is 0 Å². The SMILES string of the molecule is CC(=O)N1c2ccc(C(=O)NCCO)cc2[C@H](Nc2ccc(C#N)cc2F)[C@@H](C)[C@@H]1C1CC1. The van der Waals surface area contributed by atoms with Crippen molar-refractivity contribution in [3.8, 4) is 6.07 Å². The Morgan fingerprint density at radius 1 is 1.24 bits per heavy atom. The molecule has 0 saturated heterocycles. The molecule has 1 heterocycles. The van der Waals surface area contributed by atoms with Gasteiger partial charge in [0, 0.05) is 36.7 Å². The Morgan fingerprint density at radius 2 is 2.00 bits per heavy atom. The number of nitriles is 1. The maximum Gasteiger partial charge on any atom is 0.251 e. The average molecular weight is 451 g/mol. The molecule has 3 N–H and O–H groups in total. The Morgan fingerprint density at radius 3 is 2.61 bits per heavy atom. The maximum atomic E-state index is 14.7. The van der Waals surface area contributed by atoms with E-state index < -0.39 is 5.82 Å². The molecule has 4 rings (SSSR count). The molecule has 0 unspecified atom stereocenters. The number of rotatable bonds is 6. The molecule has 8 heteroatoms. The molecule has 1 aliphatic carbocycles. The number of nitrogens with one attached hydrogen (secondary N) is 2. The highest BCUT2D eigenvalue weighted by molar-refractivity contribution is 5.98. The zero-order valence-corrected chi connectivity index (χ0v) is 18.6. The van der Waals surface area contributed by atoms with Crippen LogP contribution in [0.5, 0.6) is 0 Å². The summed E-state index contributed by atoms with van der Waals surface area (Å²) in [6.07, 6.45) is 2.07. The number of aliphatic hydroxyl groups excluding tert-OH is 1. The predicted octanol–water partition coefficient (Wildman–Crippen LogP) is 3.35. The molecule has 2 aromatic carbocycles. The van der Waals surface area contributed by atoms with E-state index in [1.165, 1.54) is 6.07 Å². The van der Waals surface area contributed by atoms with Crippen molar-refractivity contribution in [2.24, 2.45) is 11.8 Å². The number of nitrogens with zero attached hydrogens (tertiary/aromatic N) is 2. The summed E-state index contributed by atoms with van der Waals surface area (Å²) in [4.78, 5) is 27.1. The number of carbonyl (C=O) groups excluding carboxylic acids is 2. The van der Waals surface area contributed by atoms with E-state index in [1.807, 2.05) is 17.9 Å². The van der Waals surface area contributed by atoms with Gasteiger partial charge in [0.05, 0.1) is 30.0 Å². The van der Waals surface area contributed by atoms with Crippen LogP contribution in [0.15, 0.2) is 36.4 Å². The van der Waals surface area contributed by atoms with Crippen LogP contribution < -0.4 is 15.5 Å². The number of hydrogen-bond donors (Lipinski definition) is 3. The average Bonchev–Trinajstić information content (AvgIpc) is 3.64. The maximum absolute atomic E-state index is 14.7. The first-order chi connectivity index (χ1) is 15.8. The van der Waals surface area contributed by atoms with Gasteiger partial charge in [-0.05, 0) is 60.7 Å². The zero-order chi connectivity index (χ0) is 23.7. The highest BCUT2D eigenvalue weighted by Crippen LogP contribution is 2.50. The third-order valence-corrected chi connectivity index (χ3v) is 6.50. The largest absolute Gasteiger partial charge is 0.395 e. The van der Waals surface area contributed by atoms with Crippen molar-refractivity contribution in [2.45, 2.75) is 38.8 Å². The van der Waals surface area contributed by atoms with Crippen LogP contribution in [-0.4, -0.2) is 36.1 Å².